The van der Waals surface area contributed by atoms with E-state index in [0.29, 0.717) is 16.8 Å². The van der Waals surface area contributed by atoms with E-state index in [1.807, 2.05) is 0 Å². The van der Waals surface area contributed by atoms with E-state index in [-0.39, 0.29) is 11.3 Å². The Kier molecular flexibility index (Phi) is 6.28. The number of hydrogen-bond acceptors (Lipinski definition) is 5. The molecule has 0 unspecified atom stereocenters. The molecular formula is C20H20FNO5. The maximum Gasteiger partial charge on any atom is 0.339 e. The summed E-state index contributed by atoms with van der Waals surface area (Å²) in [4.78, 5) is 39.1. The highest BCUT2D eigenvalue weighted by Crippen LogP contribution is 2.21. The standard InChI is InChI=1S/C20H20FNO5/c1-11-17(20(25)26-4)12(2)22-18(11)19(24)13(3)27-16(23)9-8-14-6-5-7-15(21)10-14/h5-10,13,22H,1-4H3/b9-8+/t13-/m1/s1. The number of methoxy groups -OCH3 is 1. The molecule has 0 aliphatic carbocycles. The maximum absolute atomic E-state index is 13.1. The van der Waals surface area contributed by atoms with Crippen LogP contribution in [0.15, 0.2) is 30.3 Å². The molecule has 0 saturated carbocycles. The molecule has 1 heterocycles. The molecule has 0 aliphatic rings. The third-order valence-corrected chi connectivity index (χ3v) is 4.00. The van der Waals surface area contributed by atoms with Crippen molar-refractivity contribution in [3.05, 3.63) is 64.2 Å². The van der Waals surface area contributed by atoms with Crippen LogP contribution >= 0.6 is 0 Å². The quantitative estimate of drug-likeness (QED) is 0.477. The molecule has 1 aromatic carbocycles. The highest BCUT2D eigenvalue weighted by Gasteiger charge is 2.26. The molecular weight excluding hydrogens is 353 g/mol. The second-order valence-corrected chi connectivity index (χ2v) is 5.95. The molecule has 0 spiro atoms. The number of H-pyrrole nitrogens is 1. The number of esters is 2. The van der Waals surface area contributed by atoms with Gasteiger partial charge in [0.05, 0.1) is 18.4 Å². The number of carbonyl (C=O) groups is 3. The van der Waals surface area contributed by atoms with Gasteiger partial charge in [-0.15, -0.1) is 0 Å². The van der Waals surface area contributed by atoms with Crippen molar-refractivity contribution < 1.29 is 28.2 Å². The van der Waals surface area contributed by atoms with Gasteiger partial charge in [-0.3, -0.25) is 4.79 Å². The van der Waals surface area contributed by atoms with Gasteiger partial charge in [0, 0.05) is 11.8 Å². The monoisotopic (exact) mass is 373 g/mol. The molecule has 2 rings (SSSR count). The molecule has 27 heavy (non-hydrogen) atoms. The minimum absolute atomic E-state index is 0.183. The van der Waals surface area contributed by atoms with Gasteiger partial charge in [0.2, 0.25) is 5.78 Å². The SMILES string of the molecule is COC(=O)c1c(C)[nH]c(C(=O)[C@@H](C)OC(=O)/C=C/c2cccc(F)c2)c1C. The first kappa shape index (κ1) is 20.1. The summed E-state index contributed by atoms with van der Waals surface area (Å²) in [6.07, 6.45) is 1.43. The predicted octanol–water partition coefficient (Wildman–Crippen LogP) is 3.39. The van der Waals surface area contributed by atoms with Crippen molar-refractivity contribution in [3.63, 3.8) is 0 Å². The van der Waals surface area contributed by atoms with E-state index in [2.05, 4.69) is 4.98 Å². The molecule has 6 nitrogen and oxygen atoms in total. The molecule has 2 aromatic rings. The summed E-state index contributed by atoms with van der Waals surface area (Å²) in [5.41, 5.74) is 1.88. The lowest BCUT2D eigenvalue weighted by atomic mass is 10.1. The van der Waals surface area contributed by atoms with Gasteiger partial charge < -0.3 is 14.5 Å². The second-order valence-electron chi connectivity index (χ2n) is 5.95. The molecule has 1 atom stereocenters. The Morgan fingerprint density at radius 1 is 1.22 bits per heavy atom. The highest BCUT2D eigenvalue weighted by molar-refractivity contribution is 6.04. The van der Waals surface area contributed by atoms with E-state index >= 15 is 0 Å². The first-order chi connectivity index (χ1) is 12.7. The lowest BCUT2D eigenvalue weighted by Gasteiger charge is -2.10. The van der Waals surface area contributed by atoms with Crippen molar-refractivity contribution in [2.45, 2.75) is 26.9 Å². The van der Waals surface area contributed by atoms with Gasteiger partial charge in [0.25, 0.3) is 0 Å². The number of nitrogens with one attached hydrogen (secondary N) is 1. The Labute approximate surface area is 156 Å². The number of rotatable bonds is 6. The number of aryl methyl sites for hydroxylation is 1. The fraction of sp³-hybridized carbons (Fsp3) is 0.250. The molecule has 0 amide bonds. The van der Waals surface area contributed by atoms with Crippen LogP contribution < -0.4 is 0 Å². The van der Waals surface area contributed by atoms with Crippen LogP contribution in [0.25, 0.3) is 6.08 Å². The van der Waals surface area contributed by atoms with Crippen molar-refractivity contribution >= 4 is 23.8 Å². The molecule has 142 valence electrons. The maximum atomic E-state index is 13.1. The van der Waals surface area contributed by atoms with Crippen LogP contribution in [0.2, 0.25) is 0 Å². The number of hydrogen-bond donors (Lipinski definition) is 1. The van der Waals surface area contributed by atoms with Crippen LogP contribution in [0, 0.1) is 19.7 Å². The Hall–Kier alpha value is -3.22. The van der Waals surface area contributed by atoms with E-state index < -0.39 is 29.6 Å². The molecule has 1 aromatic heterocycles. The number of halogens is 1. The third-order valence-electron chi connectivity index (χ3n) is 4.00. The fourth-order valence-corrected chi connectivity index (χ4v) is 2.65. The summed E-state index contributed by atoms with van der Waals surface area (Å²) >= 11 is 0. The highest BCUT2D eigenvalue weighted by atomic mass is 19.1. The summed E-state index contributed by atoms with van der Waals surface area (Å²) in [6.45, 7) is 4.69. The van der Waals surface area contributed by atoms with E-state index in [1.54, 1.807) is 19.9 Å². The summed E-state index contributed by atoms with van der Waals surface area (Å²) in [7, 11) is 1.26. The van der Waals surface area contributed by atoms with Crippen LogP contribution in [-0.4, -0.2) is 35.9 Å². The second kappa shape index (κ2) is 8.44. The lowest BCUT2D eigenvalue weighted by molar-refractivity contribution is -0.140. The van der Waals surface area contributed by atoms with Gasteiger partial charge in [0.15, 0.2) is 6.10 Å². The van der Waals surface area contributed by atoms with Crippen LogP contribution in [0.1, 0.15) is 44.6 Å². The smallest absolute Gasteiger partial charge is 0.339 e. The van der Waals surface area contributed by atoms with Crippen LogP contribution in [0.3, 0.4) is 0 Å². The number of benzene rings is 1. The van der Waals surface area contributed by atoms with Crippen LogP contribution in [-0.2, 0) is 14.3 Å². The number of Topliss-reactive ketones (excluding diaryl/α,β-unsaturated/α-hetero) is 1. The number of aromatic nitrogens is 1. The van der Waals surface area contributed by atoms with Crippen molar-refractivity contribution in [2.24, 2.45) is 0 Å². The normalized spacial score (nSPS) is 12.0. The van der Waals surface area contributed by atoms with Gasteiger partial charge in [0.1, 0.15) is 5.82 Å². The Morgan fingerprint density at radius 2 is 1.93 bits per heavy atom. The third kappa shape index (κ3) is 4.69. The zero-order valence-electron chi connectivity index (χ0n) is 15.5. The van der Waals surface area contributed by atoms with Crippen molar-refractivity contribution in [2.75, 3.05) is 7.11 Å². The molecule has 0 fully saturated rings. The minimum Gasteiger partial charge on any atom is -0.465 e. The van der Waals surface area contributed by atoms with Crippen molar-refractivity contribution in [1.82, 2.24) is 4.98 Å². The molecule has 0 radical (unpaired) electrons. The Bertz CT molecular complexity index is 913. The summed E-state index contributed by atoms with van der Waals surface area (Å²) in [5.74, 6) is -2.19. The average molecular weight is 373 g/mol. The summed E-state index contributed by atoms with van der Waals surface area (Å²) < 4.78 is 22.9. The first-order valence-electron chi connectivity index (χ1n) is 8.20. The minimum atomic E-state index is -1.07. The molecule has 1 N–H and O–H groups in total. The lowest BCUT2D eigenvalue weighted by Crippen LogP contribution is -2.24. The zero-order chi connectivity index (χ0) is 20.1. The van der Waals surface area contributed by atoms with E-state index in [9.17, 15) is 18.8 Å². The topological polar surface area (TPSA) is 85.5 Å². The van der Waals surface area contributed by atoms with Gasteiger partial charge in [-0.2, -0.15) is 0 Å². The predicted molar refractivity (Wildman–Crippen MR) is 96.9 cm³/mol. The van der Waals surface area contributed by atoms with Gasteiger partial charge in [-0.25, -0.2) is 14.0 Å². The van der Waals surface area contributed by atoms with Gasteiger partial charge in [-0.05, 0) is 50.1 Å². The number of aromatic amines is 1. The molecule has 0 saturated heterocycles. The largest absolute Gasteiger partial charge is 0.465 e. The van der Waals surface area contributed by atoms with E-state index in [4.69, 9.17) is 9.47 Å². The molecule has 7 heteroatoms. The van der Waals surface area contributed by atoms with E-state index in [1.165, 1.54) is 38.3 Å². The Morgan fingerprint density at radius 3 is 2.56 bits per heavy atom. The molecule has 0 aliphatic heterocycles. The fourth-order valence-electron chi connectivity index (χ4n) is 2.65. The summed E-state index contributed by atoms with van der Waals surface area (Å²) in [5, 5.41) is 0. The number of carbonyl (C=O) groups excluding carboxylic acids is 3. The van der Waals surface area contributed by atoms with Crippen LogP contribution in [0.5, 0.6) is 0 Å². The van der Waals surface area contributed by atoms with E-state index in [0.717, 1.165) is 6.08 Å². The van der Waals surface area contributed by atoms with Crippen LogP contribution in [0.4, 0.5) is 4.39 Å². The number of ketones is 1. The van der Waals surface area contributed by atoms with Gasteiger partial charge in [-0.1, -0.05) is 12.1 Å². The average Bonchev–Trinajstić information content (AvgIpc) is 2.93. The number of ether oxygens (including phenoxy) is 2. The van der Waals surface area contributed by atoms with Crippen molar-refractivity contribution in [3.8, 4) is 0 Å². The summed E-state index contributed by atoms with van der Waals surface area (Å²) in [6, 6.07) is 5.69. The zero-order valence-corrected chi connectivity index (χ0v) is 15.5. The van der Waals surface area contributed by atoms with Gasteiger partial charge >= 0.3 is 11.9 Å². The Balaban J connectivity index is 2.09. The first-order valence-corrected chi connectivity index (χ1v) is 8.20. The molecule has 0 bridgehead atoms. The van der Waals surface area contributed by atoms with Crippen molar-refractivity contribution in [1.29, 1.82) is 0 Å².